The Kier molecular flexibility index (Phi) is 4.45. The Balaban J connectivity index is 1.56. The fourth-order valence-corrected chi connectivity index (χ4v) is 3.25. The summed E-state index contributed by atoms with van der Waals surface area (Å²) in [5.74, 6) is -0.961. The van der Waals surface area contributed by atoms with Crippen molar-refractivity contribution in [2.75, 3.05) is 6.54 Å². The average Bonchev–Trinajstić information content (AvgIpc) is 3.25. The summed E-state index contributed by atoms with van der Waals surface area (Å²) < 4.78 is 5.06. The average molecular weight is 306 g/mol. The van der Waals surface area contributed by atoms with Crippen molar-refractivity contribution in [2.45, 2.75) is 50.9 Å². The number of aliphatic carboxylic acids is 1. The van der Waals surface area contributed by atoms with Crippen LogP contribution in [0.5, 0.6) is 0 Å². The molecule has 2 aliphatic rings. The number of aromatic nitrogens is 1. The van der Waals surface area contributed by atoms with E-state index in [-0.39, 0.29) is 24.1 Å². The van der Waals surface area contributed by atoms with Crippen molar-refractivity contribution in [1.82, 2.24) is 10.5 Å². The number of carbonyl (C=O) groups is 2. The van der Waals surface area contributed by atoms with Crippen LogP contribution in [0.4, 0.5) is 0 Å². The van der Waals surface area contributed by atoms with E-state index < -0.39 is 11.9 Å². The first kappa shape index (κ1) is 15.1. The summed E-state index contributed by atoms with van der Waals surface area (Å²) >= 11 is 0. The molecule has 120 valence electrons. The van der Waals surface area contributed by atoms with Gasteiger partial charge in [0.15, 0.2) is 0 Å². The standard InChI is InChI=1S/C16H22N2O4/c19-15(14-8-13(18-22-14)11-6-7-11)17-9-12(16(20)21)10-4-2-1-3-5-10/h8,10-12H,1-7,9H2,(H,17,19)(H,20,21). The molecule has 6 nitrogen and oxygen atoms in total. The van der Waals surface area contributed by atoms with E-state index in [9.17, 15) is 14.7 Å². The Hall–Kier alpha value is -1.85. The van der Waals surface area contributed by atoms with E-state index >= 15 is 0 Å². The summed E-state index contributed by atoms with van der Waals surface area (Å²) in [6, 6.07) is 1.67. The molecule has 0 spiro atoms. The fourth-order valence-electron chi connectivity index (χ4n) is 3.25. The van der Waals surface area contributed by atoms with Crippen molar-refractivity contribution < 1.29 is 19.2 Å². The normalized spacial score (nSPS) is 20.5. The van der Waals surface area contributed by atoms with Crippen molar-refractivity contribution in [3.05, 3.63) is 17.5 Å². The van der Waals surface area contributed by atoms with Gasteiger partial charge in [0.05, 0.1) is 11.6 Å². The maximum Gasteiger partial charge on any atom is 0.308 e. The number of nitrogens with one attached hydrogen (secondary N) is 1. The van der Waals surface area contributed by atoms with Gasteiger partial charge in [-0.15, -0.1) is 0 Å². The molecule has 1 aromatic rings. The third kappa shape index (κ3) is 3.48. The zero-order valence-electron chi connectivity index (χ0n) is 12.6. The molecule has 1 atom stereocenters. The van der Waals surface area contributed by atoms with Crippen molar-refractivity contribution in [2.24, 2.45) is 11.8 Å². The number of nitrogens with zero attached hydrogens (tertiary/aromatic N) is 1. The van der Waals surface area contributed by atoms with Gasteiger partial charge in [-0.3, -0.25) is 9.59 Å². The molecule has 6 heteroatoms. The van der Waals surface area contributed by atoms with Gasteiger partial charge in [0.1, 0.15) is 0 Å². The van der Waals surface area contributed by atoms with Gasteiger partial charge in [0, 0.05) is 18.5 Å². The van der Waals surface area contributed by atoms with Crippen molar-refractivity contribution in [3.63, 3.8) is 0 Å². The lowest BCUT2D eigenvalue weighted by Gasteiger charge is -2.27. The van der Waals surface area contributed by atoms with Crippen LogP contribution in [-0.2, 0) is 4.79 Å². The molecule has 22 heavy (non-hydrogen) atoms. The number of hydrogen-bond donors (Lipinski definition) is 2. The topological polar surface area (TPSA) is 92.4 Å². The van der Waals surface area contributed by atoms with Crippen LogP contribution in [0.3, 0.4) is 0 Å². The number of rotatable bonds is 6. The predicted molar refractivity (Wildman–Crippen MR) is 78.5 cm³/mol. The van der Waals surface area contributed by atoms with Crippen LogP contribution in [-0.4, -0.2) is 28.7 Å². The number of carboxylic acid groups (broad SMARTS) is 1. The SMILES string of the molecule is O=C(NCC(C(=O)O)C1CCCCC1)c1cc(C2CC2)no1. The first-order chi connectivity index (χ1) is 10.6. The smallest absolute Gasteiger partial charge is 0.308 e. The molecule has 2 N–H and O–H groups in total. The zero-order valence-corrected chi connectivity index (χ0v) is 12.6. The minimum atomic E-state index is -0.830. The molecule has 0 aliphatic heterocycles. The van der Waals surface area contributed by atoms with Crippen LogP contribution in [0.1, 0.15) is 67.1 Å². The molecule has 1 heterocycles. The Morgan fingerprint density at radius 3 is 2.64 bits per heavy atom. The third-order valence-electron chi connectivity index (χ3n) is 4.77. The van der Waals surface area contributed by atoms with E-state index in [4.69, 9.17) is 4.52 Å². The molecule has 0 aromatic carbocycles. The van der Waals surface area contributed by atoms with E-state index in [1.54, 1.807) is 6.07 Å². The van der Waals surface area contributed by atoms with Crippen LogP contribution >= 0.6 is 0 Å². The van der Waals surface area contributed by atoms with Gasteiger partial charge in [-0.25, -0.2) is 0 Å². The van der Waals surface area contributed by atoms with Gasteiger partial charge in [-0.1, -0.05) is 24.4 Å². The quantitative estimate of drug-likeness (QED) is 0.842. The summed E-state index contributed by atoms with van der Waals surface area (Å²) in [5.41, 5.74) is 0.826. The molecular formula is C16H22N2O4. The van der Waals surface area contributed by atoms with Crippen LogP contribution < -0.4 is 5.32 Å². The van der Waals surface area contributed by atoms with Crippen molar-refractivity contribution in [3.8, 4) is 0 Å². The molecule has 2 saturated carbocycles. The van der Waals surface area contributed by atoms with Crippen LogP contribution in [0.25, 0.3) is 0 Å². The van der Waals surface area contributed by atoms with Gasteiger partial charge < -0.3 is 14.9 Å². The second-order valence-corrected chi connectivity index (χ2v) is 6.44. The van der Waals surface area contributed by atoms with E-state index in [2.05, 4.69) is 10.5 Å². The summed E-state index contributed by atoms with van der Waals surface area (Å²) in [7, 11) is 0. The molecule has 0 saturated heterocycles. The highest BCUT2D eigenvalue weighted by Crippen LogP contribution is 2.39. The second-order valence-electron chi connectivity index (χ2n) is 6.44. The molecule has 0 radical (unpaired) electrons. The lowest BCUT2D eigenvalue weighted by atomic mass is 9.80. The van der Waals surface area contributed by atoms with Crippen LogP contribution in [0.15, 0.2) is 10.6 Å². The predicted octanol–water partition coefficient (Wildman–Crippen LogP) is 2.56. The fraction of sp³-hybridized carbons (Fsp3) is 0.688. The number of carbonyl (C=O) groups excluding carboxylic acids is 1. The van der Waals surface area contributed by atoms with Gasteiger partial charge in [-0.2, -0.15) is 0 Å². The van der Waals surface area contributed by atoms with Crippen LogP contribution in [0.2, 0.25) is 0 Å². The minimum Gasteiger partial charge on any atom is -0.481 e. The Morgan fingerprint density at radius 1 is 1.27 bits per heavy atom. The molecule has 1 unspecified atom stereocenters. The van der Waals surface area contributed by atoms with Gasteiger partial charge in [0.2, 0.25) is 5.76 Å². The first-order valence-corrected chi connectivity index (χ1v) is 8.12. The maximum absolute atomic E-state index is 12.1. The second kappa shape index (κ2) is 6.50. The molecule has 3 rings (SSSR count). The van der Waals surface area contributed by atoms with Gasteiger partial charge in [0.25, 0.3) is 5.91 Å². The van der Waals surface area contributed by atoms with Crippen molar-refractivity contribution in [1.29, 1.82) is 0 Å². The van der Waals surface area contributed by atoms with Crippen LogP contribution in [0, 0.1) is 11.8 Å². The Labute approximate surface area is 129 Å². The molecule has 1 aromatic heterocycles. The number of hydrogen-bond acceptors (Lipinski definition) is 4. The van der Waals surface area contributed by atoms with Gasteiger partial charge in [-0.05, 0) is 31.6 Å². The zero-order chi connectivity index (χ0) is 15.5. The highest BCUT2D eigenvalue weighted by molar-refractivity contribution is 5.91. The molecule has 2 fully saturated rings. The summed E-state index contributed by atoms with van der Waals surface area (Å²) in [5, 5.41) is 16.0. The van der Waals surface area contributed by atoms with E-state index in [1.807, 2.05) is 0 Å². The monoisotopic (exact) mass is 306 g/mol. The molecule has 1 amide bonds. The van der Waals surface area contributed by atoms with Crippen molar-refractivity contribution >= 4 is 11.9 Å². The third-order valence-corrected chi connectivity index (χ3v) is 4.77. The maximum atomic E-state index is 12.1. The highest BCUT2D eigenvalue weighted by Gasteiger charge is 2.31. The lowest BCUT2D eigenvalue weighted by Crippen LogP contribution is -2.37. The minimum absolute atomic E-state index is 0.151. The highest BCUT2D eigenvalue weighted by atomic mass is 16.5. The first-order valence-electron chi connectivity index (χ1n) is 8.12. The molecule has 0 bridgehead atoms. The Morgan fingerprint density at radius 2 is 2.00 bits per heavy atom. The summed E-state index contributed by atoms with van der Waals surface area (Å²) in [4.78, 5) is 23.5. The molecule has 2 aliphatic carbocycles. The van der Waals surface area contributed by atoms with E-state index in [0.29, 0.717) is 5.92 Å². The number of amides is 1. The largest absolute Gasteiger partial charge is 0.481 e. The summed E-state index contributed by atoms with van der Waals surface area (Å²) in [6.07, 6.45) is 7.39. The lowest BCUT2D eigenvalue weighted by molar-refractivity contribution is -0.143. The Bertz CT molecular complexity index is 544. The number of carboxylic acids is 1. The molecular weight excluding hydrogens is 284 g/mol. The van der Waals surface area contributed by atoms with Gasteiger partial charge >= 0.3 is 5.97 Å². The van der Waals surface area contributed by atoms with E-state index in [0.717, 1.165) is 44.2 Å². The van der Waals surface area contributed by atoms with E-state index in [1.165, 1.54) is 6.42 Å². The summed E-state index contributed by atoms with van der Waals surface area (Å²) in [6.45, 7) is 0.151.